The molecule has 2 amide bonds. The van der Waals surface area contributed by atoms with Crippen molar-refractivity contribution in [1.29, 1.82) is 0 Å². The highest BCUT2D eigenvalue weighted by Crippen LogP contribution is 2.41. The van der Waals surface area contributed by atoms with E-state index in [0.717, 1.165) is 23.1 Å². The summed E-state index contributed by atoms with van der Waals surface area (Å²) < 4.78 is 53.6. The van der Waals surface area contributed by atoms with E-state index in [1.807, 2.05) is 24.3 Å². The summed E-state index contributed by atoms with van der Waals surface area (Å²) in [6.07, 6.45) is -2.81. The van der Waals surface area contributed by atoms with Gasteiger partial charge in [0.05, 0.1) is 42.7 Å². The number of aromatic nitrogens is 3. The number of alkyl halides is 3. The second-order valence-electron chi connectivity index (χ2n) is 9.16. The van der Waals surface area contributed by atoms with Crippen molar-refractivity contribution in [3.8, 4) is 17.0 Å². The van der Waals surface area contributed by atoms with Gasteiger partial charge >= 0.3 is 12.2 Å². The average molecular weight is 500 g/mol. The van der Waals surface area contributed by atoms with Crippen molar-refractivity contribution < 1.29 is 27.4 Å². The Morgan fingerprint density at radius 1 is 1.22 bits per heavy atom. The lowest BCUT2D eigenvalue weighted by molar-refractivity contribution is -0.137. The van der Waals surface area contributed by atoms with Crippen LogP contribution in [0.5, 0.6) is 5.75 Å². The molecule has 2 atom stereocenters. The molecule has 1 aromatic carbocycles. The maximum absolute atomic E-state index is 13.3. The van der Waals surface area contributed by atoms with Crippen LogP contribution in [-0.4, -0.2) is 52.0 Å². The first-order valence-corrected chi connectivity index (χ1v) is 11.6. The number of fused-ring (bicyclic) bond motifs is 3. The van der Waals surface area contributed by atoms with Gasteiger partial charge in [0.1, 0.15) is 23.8 Å². The molecule has 1 spiro atoms. The number of hydrogen-bond donors (Lipinski definition) is 2. The van der Waals surface area contributed by atoms with Crippen LogP contribution in [-0.2, 0) is 23.1 Å². The normalized spacial score (nSPS) is 22.9. The summed E-state index contributed by atoms with van der Waals surface area (Å²) in [6, 6.07) is 9.80. The van der Waals surface area contributed by atoms with Gasteiger partial charge in [0.25, 0.3) is 0 Å². The van der Waals surface area contributed by atoms with Crippen molar-refractivity contribution >= 4 is 11.8 Å². The summed E-state index contributed by atoms with van der Waals surface area (Å²) in [5.74, 6) is 0.182. The zero-order valence-electron chi connectivity index (χ0n) is 19.1. The van der Waals surface area contributed by atoms with Gasteiger partial charge in [0.2, 0.25) is 0 Å². The second-order valence-corrected chi connectivity index (χ2v) is 9.16. The Hall–Kier alpha value is -3.80. The minimum atomic E-state index is -4.62. The molecule has 36 heavy (non-hydrogen) atoms. The predicted molar refractivity (Wildman–Crippen MR) is 122 cm³/mol. The van der Waals surface area contributed by atoms with E-state index in [0.29, 0.717) is 45.0 Å². The number of anilines is 1. The van der Waals surface area contributed by atoms with Gasteiger partial charge < -0.3 is 25.4 Å². The van der Waals surface area contributed by atoms with Gasteiger partial charge in [-0.2, -0.15) is 18.3 Å². The minimum absolute atomic E-state index is 0.209. The van der Waals surface area contributed by atoms with E-state index in [1.54, 1.807) is 15.6 Å². The summed E-state index contributed by atoms with van der Waals surface area (Å²) >= 11 is 0. The highest BCUT2D eigenvalue weighted by Gasteiger charge is 2.47. The van der Waals surface area contributed by atoms with Crippen molar-refractivity contribution in [2.45, 2.75) is 30.8 Å². The van der Waals surface area contributed by atoms with Crippen LogP contribution in [0.4, 0.5) is 23.8 Å². The van der Waals surface area contributed by atoms with Gasteiger partial charge in [-0.1, -0.05) is 18.2 Å². The lowest BCUT2D eigenvalue weighted by Crippen LogP contribution is -2.45. The van der Waals surface area contributed by atoms with Gasteiger partial charge in [0, 0.05) is 30.3 Å². The first kappa shape index (κ1) is 22.7. The molecule has 9 nitrogen and oxygen atoms in total. The molecular weight excluding hydrogens is 477 g/mol. The van der Waals surface area contributed by atoms with E-state index in [1.165, 1.54) is 6.20 Å². The van der Waals surface area contributed by atoms with Crippen LogP contribution in [0, 0.1) is 0 Å². The Labute approximate surface area is 204 Å². The number of nitrogens with two attached hydrogens (primary N) is 1. The van der Waals surface area contributed by atoms with Crippen LogP contribution >= 0.6 is 0 Å². The number of nitrogens with one attached hydrogen (secondary N) is 1. The highest BCUT2D eigenvalue weighted by molar-refractivity contribution is 5.76. The van der Waals surface area contributed by atoms with Gasteiger partial charge in [-0.15, -0.1) is 0 Å². The van der Waals surface area contributed by atoms with Crippen molar-refractivity contribution in [3.05, 3.63) is 59.4 Å². The Balaban J connectivity index is 1.23. The van der Waals surface area contributed by atoms with Crippen LogP contribution in [0.15, 0.2) is 42.6 Å². The lowest BCUT2D eigenvalue weighted by Gasteiger charge is -2.34. The van der Waals surface area contributed by atoms with E-state index in [4.69, 9.17) is 15.2 Å². The molecule has 3 aliphatic heterocycles. The fourth-order valence-corrected chi connectivity index (χ4v) is 5.14. The third kappa shape index (κ3) is 3.72. The van der Waals surface area contributed by atoms with Gasteiger partial charge in [-0.3, -0.25) is 4.68 Å². The minimum Gasteiger partial charge on any atom is -0.491 e. The molecule has 0 aliphatic carbocycles. The summed E-state index contributed by atoms with van der Waals surface area (Å²) in [5.41, 5.74) is 5.86. The maximum Gasteiger partial charge on any atom is 0.419 e. The monoisotopic (exact) mass is 500 g/mol. The van der Waals surface area contributed by atoms with Crippen molar-refractivity contribution in [2.75, 3.05) is 32.0 Å². The van der Waals surface area contributed by atoms with E-state index < -0.39 is 23.2 Å². The number of ether oxygens (including phenoxy) is 2. The Morgan fingerprint density at radius 3 is 2.89 bits per heavy atom. The quantitative estimate of drug-likeness (QED) is 0.559. The van der Waals surface area contributed by atoms with Gasteiger partial charge in [-0.05, 0) is 18.2 Å². The van der Waals surface area contributed by atoms with E-state index >= 15 is 0 Å². The standard InChI is InChI=1S/C24H23F3N6O3/c25-24(26,27)16-9-14(11-29-21(16)28)17-10-20-23(36-8-7-33(20)31-17)5-6-32(13-23)22(34)30-18-12-35-19-4-2-1-3-15(18)19/h1-4,9-11,18H,5-8,12-13H2,(H2,28,29)(H,30,34)/t18-,23?/m1/s1. The van der Waals surface area contributed by atoms with Gasteiger partial charge in [-0.25, -0.2) is 9.78 Å². The second kappa shape index (κ2) is 8.12. The molecule has 2 aromatic heterocycles. The zero-order valence-corrected chi connectivity index (χ0v) is 19.1. The van der Waals surface area contributed by atoms with Crippen LogP contribution in [0.25, 0.3) is 11.3 Å². The highest BCUT2D eigenvalue weighted by atomic mass is 19.4. The summed E-state index contributed by atoms with van der Waals surface area (Å²) in [7, 11) is 0. The van der Waals surface area contributed by atoms with Crippen LogP contribution in [0.2, 0.25) is 0 Å². The molecule has 0 radical (unpaired) electrons. The largest absolute Gasteiger partial charge is 0.491 e. The number of urea groups is 1. The molecule has 1 fully saturated rings. The van der Waals surface area contributed by atoms with Crippen molar-refractivity contribution in [2.24, 2.45) is 0 Å². The molecule has 6 rings (SSSR count). The Bertz CT molecular complexity index is 1340. The molecular formula is C24H23F3N6O3. The number of para-hydroxylation sites is 1. The van der Waals surface area contributed by atoms with Crippen LogP contribution < -0.4 is 15.8 Å². The Morgan fingerprint density at radius 2 is 2.06 bits per heavy atom. The smallest absolute Gasteiger partial charge is 0.419 e. The van der Waals surface area contributed by atoms with E-state index in [9.17, 15) is 18.0 Å². The fraction of sp³-hybridized carbons (Fsp3) is 0.375. The first-order valence-electron chi connectivity index (χ1n) is 11.6. The first-order chi connectivity index (χ1) is 17.2. The molecule has 5 heterocycles. The van der Waals surface area contributed by atoms with Gasteiger partial charge in [0.15, 0.2) is 0 Å². The molecule has 3 aromatic rings. The van der Waals surface area contributed by atoms with Crippen molar-refractivity contribution in [3.63, 3.8) is 0 Å². The molecule has 12 heteroatoms. The SMILES string of the molecule is Nc1ncc(-c2cc3n(n2)CCOC32CCN(C(=O)N[C@@H]3COc4ccccc43)C2)cc1C(F)(F)F. The Kier molecular flexibility index (Phi) is 5.11. The maximum atomic E-state index is 13.3. The predicted octanol–water partition coefficient (Wildman–Crippen LogP) is 3.32. The van der Waals surface area contributed by atoms with Crippen LogP contribution in [0.3, 0.4) is 0 Å². The number of amides is 2. The number of carbonyl (C=O) groups is 1. The molecule has 1 unspecified atom stereocenters. The topological polar surface area (TPSA) is 108 Å². The number of rotatable bonds is 2. The molecule has 188 valence electrons. The molecule has 0 saturated carbocycles. The summed E-state index contributed by atoms with van der Waals surface area (Å²) in [4.78, 5) is 18.5. The zero-order chi connectivity index (χ0) is 25.1. The number of halogens is 3. The summed E-state index contributed by atoms with van der Waals surface area (Å²) in [6.45, 7) is 1.96. The molecule has 3 aliphatic rings. The molecule has 1 saturated heterocycles. The average Bonchev–Trinajstić information content (AvgIpc) is 3.57. The molecule has 0 bridgehead atoms. The van der Waals surface area contributed by atoms with Crippen LogP contribution in [0.1, 0.15) is 29.3 Å². The fourth-order valence-electron chi connectivity index (χ4n) is 5.14. The number of nitrogens with zero attached hydrogens (tertiary/aromatic N) is 4. The lowest BCUT2D eigenvalue weighted by atomic mass is 9.96. The number of likely N-dealkylation sites (tertiary alicyclic amines) is 1. The number of pyridine rings is 1. The van der Waals surface area contributed by atoms with Crippen molar-refractivity contribution in [1.82, 2.24) is 25.0 Å². The molecule has 3 N–H and O–H groups in total. The number of hydrogen-bond acceptors (Lipinski definition) is 6. The number of nitrogen functional groups attached to an aromatic ring is 1. The number of carbonyl (C=O) groups excluding carboxylic acids is 1. The third-order valence-electron chi connectivity index (χ3n) is 6.96. The summed E-state index contributed by atoms with van der Waals surface area (Å²) in [5, 5.41) is 7.56. The van der Waals surface area contributed by atoms with E-state index in [-0.39, 0.29) is 17.6 Å². The number of benzene rings is 1. The van der Waals surface area contributed by atoms with E-state index in [2.05, 4.69) is 15.4 Å². The third-order valence-corrected chi connectivity index (χ3v) is 6.96.